The first-order valence-electron chi connectivity index (χ1n) is 20.7. The molecule has 0 N–H and O–H groups in total. The zero-order chi connectivity index (χ0) is 38.6. The number of ether oxygens (including phenoxy) is 2. The number of unbranched alkanes of at least 4 members (excludes halogenated alkanes) is 20. The van der Waals surface area contributed by atoms with Crippen LogP contribution in [0.5, 0.6) is 0 Å². The van der Waals surface area contributed by atoms with Crippen LogP contribution in [0.15, 0.2) is 36.5 Å². The van der Waals surface area contributed by atoms with Crippen molar-refractivity contribution < 1.29 is 42.1 Å². The first-order chi connectivity index (χ1) is 25.0. The summed E-state index contributed by atoms with van der Waals surface area (Å²) in [5.41, 5.74) is 0. The molecule has 0 aromatic carbocycles. The maximum absolute atomic E-state index is 12.5. The topological polar surface area (TPSA) is 111 Å². The number of quaternary nitrogens is 1. The standard InChI is InChI=1S/C42H78NO8P/c1-6-8-10-12-14-16-18-20-21-23-25-27-29-31-33-35-42(45)51-40(39-50-52(46,47)49-37-36-43(3,4)5)38-48-41(44)34-32-30-28-26-24-22-19-17-15-13-11-9-7-2/h17,19,29,31,33,35,40H,6-16,18,20-28,30,32,34,36-39H2,1-5H3/b19-17+,31-29+,35-33+/t40-/m1/s1. The Hall–Kier alpha value is -1.77. The van der Waals surface area contributed by atoms with Crippen LogP contribution in [0.1, 0.15) is 168 Å². The van der Waals surface area contributed by atoms with Crippen molar-refractivity contribution >= 4 is 19.8 Å². The van der Waals surface area contributed by atoms with Crippen LogP contribution in [0.3, 0.4) is 0 Å². The number of likely N-dealkylation sites (N-methyl/N-ethyl adjacent to an activating group) is 1. The molecule has 0 bridgehead atoms. The van der Waals surface area contributed by atoms with E-state index in [1.54, 1.807) is 6.08 Å². The SMILES string of the molecule is CCCCCC/C=C/CCCCCCCC(=O)OC[C@H](COP(=O)([O-])OCC[N+](C)(C)C)OC(=O)/C=C/C=C/CCCCCCCCCCCCC. The lowest BCUT2D eigenvalue weighted by molar-refractivity contribution is -0.870. The number of phosphoric acid groups is 1. The first kappa shape index (κ1) is 50.2. The predicted molar refractivity (Wildman–Crippen MR) is 213 cm³/mol. The summed E-state index contributed by atoms with van der Waals surface area (Å²) in [4.78, 5) is 37.3. The minimum atomic E-state index is -4.65. The van der Waals surface area contributed by atoms with Crippen molar-refractivity contribution in [3.05, 3.63) is 36.5 Å². The minimum absolute atomic E-state index is 0.0478. The molecule has 0 aromatic heterocycles. The van der Waals surface area contributed by atoms with E-state index in [9.17, 15) is 19.0 Å². The smallest absolute Gasteiger partial charge is 0.331 e. The summed E-state index contributed by atoms with van der Waals surface area (Å²) in [7, 11) is 1.11. The van der Waals surface area contributed by atoms with Gasteiger partial charge in [0.05, 0.1) is 27.7 Å². The number of rotatable bonds is 37. The van der Waals surface area contributed by atoms with E-state index in [0.29, 0.717) is 17.4 Å². The van der Waals surface area contributed by atoms with Crippen molar-refractivity contribution in [3.63, 3.8) is 0 Å². The lowest BCUT2D eigenvalue weighted by Crippen LogP contribution is -2.37. The molecule has 0 amide bonds. The monoisotopic (exact) mass is 756 g/mol. The Bertz CT molecular complexity index is 991. The van der Waals surface area contributed by atoms with E-state index in [4.69, 9.17) is 18.5 Å². The zero-order valence-corrected chi connectivity index (χ0v) is 34.9. The number of hydrogen-bond acceptors (Lipinski definition) is 8. The molecular weight excluding hydrogens is 677 g/mol. The Balaban J connectivity index is 4.52. The first-order valence-corrected chi connectivity index (χ1v) is 22.2. The Labute approximate surface area is 319 Å². The van der Waals surface area contributed by atoms with Gasteiger partial charge in [0, 0.05) is 12.5 Å². The van der Waals surface area contributed by atoms with Gasteiger partial charge in [0.25, 0.3) is 7.82 Å². The number of hydrogen-bond donors (Lipinski definition) is 0. The van der Waals surface area contributed by atoms with Gasteiger partial charge in [-0.25, -0.2) is 4.79 Å². The zero-order valence-electron chi connectivity index (χ0n) is 34.0. The van der Waals surface area contributed by atoms with Crippen LogP contribution in [0.4, 0.5) is 0 Å². The maximum atomic E-state index is 12.5. The van der Waals surface area contributed by atoms with Crippen LogP contribution in [0.25, 0.3) is 0 Å². The minimum Gasteiger partial charge on any atom is -0.756 e. The van der Waals surface area contributed by atoms with Crippen molar-refractivity contribution in [2.24, 2.45) is 0 Å². The number of allylic oxidation sites excluding steroid dienone is 5. The van der Waals surface area contributed by atoms with Crippen molar-refractivity contribution in [2.75, 3.05) is 47.5 Å². The van der Waals surface area contributed by atoms with Crippen LogP contribution < -0.4 is 4.89 Å². The summed E-state index contributed by atoms with van der Waals surface area (Å²) in [5.74, 6) is -1.10. The third-order valence-electron chi connectivity index (χ3n) is 8.74. The molecule has 52 heavy (non-hydrogen) atoms. The molecule has 0 aliphatic carbocycles. The Morgan fingerprint density at radius 2 is 1.12 bits per heavy atom. The van der Waals surface area contributed by atoms with Crippen LogP contribution in [-0.2, 0) is 32.7 Å². The van der Waals surface area contributed by atoms with E-state index in [-0.39, 0.29) is 19.6 Å². The van der Waals surface area contributed by atoms with Crippen LogP contribution in [0.2, 0.25) is 0 Å². The second-order valence-electron chi connectivity index (χ2n) is 15.1. The maximum Gasteiger partial charge on any atom is 0.331 e. The van der Waals surface area contributed by atoms with E-state index >= 15 is 0 Å². The van der Waals surface area contributed by atoms with Crippen molar-refractivity contribution in [1.82, 2.24) is 0 Å². The number of nitrogens with zero attached hydrogens (tertiary/aromatic N) is 1. The summed E-state index contributed by atoms with van der Waals surface area (Å²) >= 11 is 0. The van der Waals surface area contributed by atoms with Gasteiger partial charge in [0.2, 0.25) is 0 Å². The van der Waals surface area contributed by atoms with Gasteiger partial charge in [0.1, 0.15) is 19.8 Å². The van der Waals surface area contributed by atoms with Gasteiger partial charge >= 0.3 is 11.9 Å². The number of carbonyl (C=O) groups excluding carboxylic acids is 2. The van der Waals surface area contributed by atoms with Crippen molar-refractivity contribution in [3.8, 4) is 0 Å². The molecule has 0 radical (unpaired) electrons. The van der Waals surface area contributed by atoms with Gasteiger partial charge in [-0.15, -0.1) is 0 Å². The fourth-order valence-electron chi connectivity index (χ4n) is 5.44. The molecule has 304 valence electrons. The van der Waals surface area contributed by atoms with E-state index < -0.39 is 32.5 Å². The Morgan fingerprint density at radius 1 is 0.635 bits per heavy atom. The van der Waals surface area contributed by atoms with Crippen LogP contribution in [-0.4, -0.2) is 70.0 Å². The number of carbonyl (C=O) groups is 2. The fraction of sp³-hybridized carbons (Fsp3) is 0.810. The van der Waals surface area contributed by atoms with Gasteiger partial charge in [0.15, 0.2) is 6.10 Å². The van der Waals surface area contributed by atoms with Crippen LogP contribution >= 0.6 is 7.82 Å². The quantitative estimate of drug-likeness (QED) is 0.0117. The summed E-state index contributed by atoms with van der Waals surface area (Å²) in [6, 6.07) is 0. The van der Waals surface area contributed by atoms with Gasteiger partial charge in [-0.05, 0) is 44.9 Å². The molecule has 0 fully saturated rings. The number of phosphoric ester groups is 1. The van der Waals surface area contributed by atoms with Gasteiger partial charge in [-0.3, -0.25) is 9.36 Å². The molecule has 0 aliphatic rings. The summed E-state index contributed by atoms with van der Waals surface area (Å²) in [6.45, 7) is 4.07. The molecule has 0 spiro atoms. The number of esters is 2. The third-order valence-corrected chi connectivity index (χ3v) is 9.70. The average molecular weight is 756 g/mol. The normalized spacial score (nSPS) is 14.0. The second-order valence-corrected chi connectivity index (χ2v) is 16.5. The Kier molecular flexibility index (Phi) is 33.8. The third kappa shape index (κ3) is 38.0. The highest BCUT2D eigenvalue weighted by Crippen LogP contribution is 2.38. The molecule has 2 atom stereocenters. The lowest BCUT2D eigenvalue weighted by Gasteiger charge is -2.28. The second kappa shape index (κ2) is 35.0. The summed E-state index contributed by atoms with van der Waals surface area (Å²) < 4.78 is 33.6. The average Bonchev–Trinajstić information content (AvgIpc) is 3.09. The highest BCUT2D eigenvalue weighted by molar-refractivity contribution is 7.45. The Morgan fingerprint density at radius 3 is 1.65 bits per heavy atom. The molecule has 0 aliphatic heterocycles. The van der Waals surface area contributed by atoms with E-state index in [2.05, 4.69) is 26.0 Å². The van der Waals surface area contributed by atoms with Gasteiger partial charge in [-0.1, -0.05) is 147 Å². The van der Waals surface area contributed by atoms with Crippen LogP contribution in [0, 0.1) is 0 Å². The molecule has 0 saturated carbocycles. The van der Waals surface area contributed by atoms with E-state index in [1.807, 2.05) is 33.3 Å². The van der Waals surface area contributed by atoms with E-state index in [1.165, 1.54) is 102 Å². The largest absolute Gasteiger partial charge is 0.756 e. The molecule has 1 unspecified atom stereocenters. The molecule has 0 saturated heterocycles. The van der Waals surface area contributed by atoms with Gasteiger partial charge < -0.3 is 27.9 Å². The fourth-order valence-corrected chi connectivity index (χ4v) is 6.17. The summed E-state index contributed by atoms with van der Waals surface area (Å²) in [5, 5.41) is 0. The van der Waals surface area contributed by atoms with Crippen molar-refractivity contribution in [1.29, 1.82) is 0 Å². The molecule has 0 heterocycles. The molecule has 9 nitrogen and oxygen atoms in total. The molecule has 0 rings (SSSR count). The molecule has 0 aromatic rings. The molecular formula is C42H78NO8P. The van der Waals surface area contributed by atoms with E-state index in [0.717, 1.165) is 44.9 Å². The lowest BCUT2D eigenvalue weighted by atomic mass is 10.1. The molecule has 10 heteroatoms. The van der Waals surface area contributed by atoms with Crippen molar-refractivity contribution in [2.45, 2.75) is 174 Å². The highest BCUT2D eigenvalue weighted by Gasteiger charge is 2.21. The highest BCUT2D eigenvalue weighted by atomic mass is 31.2. The summed E-state index contributed by atoms with van der Waals surface area (Å²) in [6.07, 6.45) is 38.0. The van der Waals surface area contributed by atoms with Gasteiger partial charge in [-0.2, -0.15) is 0 Å². The predicted octanol–water partition coefficient (Wildman–Crippen LogP) is 10.7.